The van der Waals surface area contributed by atoms with Gasteiger partial charge < -0.3 is 4.90 Å². The lowest BCUT2D eigenvalue weighted by Crippen LogP contribution is -2.14. The molecule has 0 radical (unpaired) electrons. The first-order valence-corrected chi connectivity index (χ1v) is 8.52. The van der Waals surface area contributed by atoms with E-state index in [1.165, 1.54) is 12.1 Å². The van der Waals surface area contributed by atoms with Crippen molar-refractivity contribution in [3.05, 3.63) is 62.9 Å². The van der Waals surface area contributed by atoms with Crippen molar-refractivity contribution in [3.63, 3.8) is 0 Å². The summed E-state index contributed by atoms with van der Waals surface area (Å²) < 4.78 is 13.7. The predicted octanol–water partition coefficient (Wildman–Crippen LogP) is 5.71. The van der Waals surface area contributed by atoms with E-state index in [4.69, 9.17) is 23.2 Å². The first-order chi connectivity index (χ1) is 11.9. The number of nitrogens with zero attached hydrogens (tertiary/aromatic N) is 3. The van der Waals surface area contributed by atoms with E-state index >= 15 is 0 Å². The summed E-state index contributed by atoms with van der Waals surface area (Å²) in [4.78, 5) is 6.36. The zero-order chi connectivity index (χ0) is 18.6. The van der Waals surface area contributed by atoms with Crippen molar-refractivity contribution in [3.8, 4) is 6.07 Å². The highest BCUT2D eigenvalue weighted by Crippen LogP contribution is 2.35. The molecule has 0 aliphatic rings. The topological polar surface area (TPSA) is 39.4 Å². The van der Waals surface area contributed by atoms with Crippen molar-refractivity contribution in [2.45, 2.75) is 19.8 Å². The number of rotatable bonds is 5. The molecule has 130 valence electrons. The summed E-state index contributed by atoms with van der Waals surface area (Å²) in [6, 6.07) is 10.1. The number of nitriles is 1. The fourth-order valence-corrected chi connectivity index (χ4v) is 2.70. The van der Waals surface area contributed by atoms with Gasteiger partial charge in [0, 0.05) is 18.6 Å². The quantitative estimate of drug-likeness (QED) is 0.494. The van der Waals surface area contributed by atoms with Crippen LogP contribution in [0.1, 0.15) is 29.5 Å². The lowest BCUT2D eigenvalue weighted by atomic mass is 9.91. The maximum Gasteiger partial charge on any atom is 0.142 e. The van der Waals surface area contributed by atoms with Gasteiger partial charge >= 0.3 is 0 Å². The summed E-state index contributed by atoms with van der Waals surface area (Å²) in [5.74, 6) is -1.25. The SMILES string of the molecule is CCN(C)C=Nc1cc(Cl)c(C(C#N)c2ccc(Cl)c(F)c2)cc1C. The summed E-state index contributed by atoms with van der Waals surface area (Å²) in [6.45, 7) is 4.76. The molecule has 1 unspecified atom stereocenters. The van der Waals surface area contributed by atoms with E-state index in [-0.39, 0.29) is 5.02 Å². The Morgan fingerprint density at radius 1 is 1.28 bits per heavy atom. The number of aliphatic imine (C=N–C) groups is 1. The van der Waals surface area contributed by atoms with Crippen LogP contribution >= 0.6 is 23.2 Å². The average molecular weight is 378 g/mol. The highest BCUT2D eigenvalue weighted by Gasteiger charge is 2.19. The lowest BCUT2D eigenvalue weighted by molar-refractivity contribution is 0.552. The second kappa shape index (κ2) is 8.33. The molecule has 2 rings (SSSR count). The van der Waals surface area contributed by atoms with Crippen LogP contribution in [0.5, 0.6) is 0 Å². The Bertz CT molecular complexity index is 843. The minimum atomic E-state index is -0.686. The third-order valence-electron chi connectivity index (χ3n) is 3.93. The molecule has 6 heteroatoms. The van der Waals surface area contributed by atoms with Gasteiger partial charge in [-0.15, -0.1) is 0 Å². The smallest absolute Gasteiger partial charge is 0.142 e. The lowest BCUT2D eigenvalue weighted by Gasteiger charge is -2.15. The monoisotopic (exact) mass is 377 g/mol. The van der Waals surface area contributed by atoms with E-state index in [2.05, 4.69) is 11.1 Å². The van der Waals surface area contributed by atoms with Gasteiger partial charge in [0.15, 0.2) is 0 Å². The third-order valence-corrected chi connectivity index (χ3v) is 4.56. The molecule has 0 aromatic heterocycles. The highest BCUT2D eigenvalue weighted by molar-refractivity contribution is 6.32. The van der Waals surface area contributed by atoms with Crippen molar-refractivity contribution in [1.82, 2.24) is 4.90 Å². The number of benzene rings is 2. The molecule has 0 N–H and O–H groups in total. The Labute approximate surface area is 157 Å². The van der Waals surface area contributed by atoms with Gasteiger partial charge in [-0.05, 0) is 48.7 Å². The molecule has 0 spiro atoms. The van der Waals surface area contributed by atoms with Crippen LogP contribution in [0.15, 0.2) is 35.3 Å². The summed E-state index contributed by atoms with van der Waals surface area (Å²) >= 11 is 12.1. The third kappa shape index (κ3) is 4.50. The van der Waals surface area contributed by atoms with Crippen molar-refractivity contribution in [2.24, 2.45) is 4.99 Å². The molecule has 3 nitrogen and oxygen atoms in total. The van der Waals surface area contributed by atoms with E-state index in [1.807, 2.05) is 31.9 Å². The minimum Gasteiger partial charge on any atom is -0.366 e. The van der Waals surface area contributed by atoms with E-state index in [0.29, 0.717) is 16.1 Å². The predicted molar refractivity (Wildman–Crippen MR) is 102 cm³/mol. The van der Waals surface area contributed by atoms with E-state index in [9.17, 15) is 9.65 Å². The first-order valence-electron chi connectivity index (χ1n) is 7.76. The second-order valence-electron chi connectivity index (χ2n) is 5.71. The molecule has 0 saturated carbocycles. The van der Waals surface area contributed by atoms with Gasteiger partial charge in [-0.25, -0.2) is 9.38 Å². The molecule has 0 amide bonds. The molecule has 0 heterocycles. The van der Waals surface area contributed by atoms with Crippen LogP contribution in [0.3, 0.4) is 0 Å². The van der Waals surface area contributed by atoms with Crippen LogP contribution in [0.4, 0.5) is 10.1 Å². The molecule has 0 aliphatic carbocycles. The number of halogens is 3. The Morgan fingerprint density at radius 3 is 2.60 bits per heavy atom. The van der Waals surface area contributed by atoms with Crippen molar-refractivity contribution >= 4 is 35.2 Å². The summed E-state index contributed by atoms with van der Waals surface area (Å²) in [5.41, 5.74) is 2.74. The number of hydrogen-bond donors (Lipinski definition) is 0. The van der Waals surface area contributed by atoms with Crippen LogP contribution in [0.2, 0.25) is 10.0 Å². The standard InChI is InChI=1S/C19H18Cl2FN3/c1-4-25(3)11-24-19-9-17(21)14(7-12(19)2)15(10-23)13-5-6-16(20)18(22)8-13/h5-9,11,15H,4H2,1-3H3. The zero-order valence-electron chi connectivity index (χ0n) is 14.2. The van der Waals surface area contributed by atoms with Gasteiger partial charge in [0.2, 0.25) is 0 Å². The van der Waals surface area contributed by atoms with Crippen LogP contribution in [-0.2, 0) is 0 Å². The highest BCUT2D eigenvalue weighted by atomic mass is 35.5. The molecule has 0 bridgehead atoms. The molecule has 2 aromatic carbocycles. The summed E-state index contributed by atoms with van der Waals surface area (Å²) in [6.07, 6.45) is 1.73. The van der Waals surface area contributed by atoms with Crippen LogP contribution < -0.4 is 0 Å². The van der Waals surface area contributed by atoms with E-state index in [1.54, 1.807) is 18.5 Å². The van der Waals surface area contributed by atoms with Gasteiger partial charge in [0.05, 0.1) is 29.0 Å². The van der Waals surface area contributed by atoms with Gasteiger partial charge in [-0.2, -0.15) is 5.26 Å². The van der Waals surface area contributed by atoms with E-state index < -0.39 is 11.7 Å². The first kappa shape index (κ1) is 19.2. The normalized spacial score (nSPS) is 12.2. The van der Waals surface area contributed by atoms with Gasteiger partial charge in [0.25, 0.3) is 0 Å². The fourth-order valence-electron chi connectivity index (χ4n) is 2.31. The summed E-state index contributed by atoms with van der Waals surface area (Å²) in [5, 5.41) is 10.0. The minimum absolute atomic E-state index is 0.0208. The van der Waals surface area contributed by atoms with Gasteiger partial charge in [-0.3, -0.25) is 0 Å². The zero-order valence-corrected chi connectivity index (χ0v) is 15.7. The number of aryl methyl sites for hydroxylation is 1. The second-order valence-corrected chi connectivity index (χ2v) is 6.53. The van der Waals surface area contributed by atoms with E-state index in [0.717, 1.165) is 17.8 Å². The molecular weight excluding hydrogens is 360 g/mol. The molecule has 0 saturated heterocycles. The van der Waals surface area contributed by atoms with Gasteiger partial charge in [0.1, 0.15) is 5.82 Å². The average Bonchev–Trinajstić information content (AvgIpc) is 2.59. The maximum atomic E-state index is 13.7. The maximum absolute atomic E-state index is 13.7. The molecule has 0 aliphatic heterocycles. The molecule has 2 aromatic rings. The Morgan fingerprint density at radius 2 is 2.00 bits per heavy atom. The summed E-state index contributed by atoms with van der Waals surface area (Å²) in [7, 11) is 1.93. The Balaban J connectivity index is 2.44. The van der Waals surface area contributed by atoms with Crippen LogP contribution in [0, 0.1) is 24.1 Å². The van der Waals surface area contributed by atoms with Crippen LogP contribution in [0.25, 0.3) is 0 Å². The molecule has 0 fully saturated rings. The molecule has 25 heavy (non-hydrogen) atoms. The van der Waals surface area contributed by atoms with Gasteiger partial charge in [-0.1, -0.05) is 35.3 Å². The van der Waals surface area contributed by atoms with Crippen molar-refractivity contribution < 1.29 is 4.39 Å². The Kier molecular flexibility index (Phi) is 6.41. The van der Waals surface area contributed by atoms with Crippen LogP contribution in [-0.4, -0.2) is 24.8 Å². The number of hydrogen-bond acceptors (Lipinski definition) is 2. The Hall–Kier alpha value is -2.09. The molecule has 1 atom stereocenters. The largest absolute Gasteiger partial charge is 0.366 e. The van der Waals surface area contributed by atoms with Crippen molar-refractivity contribution in [2.75, 3.05) is 13.6 Å². The van der Waals surface area contributed by atoms with Crippen molar-refractivity contribution in [1.29, 1.82) is 5.26 Å². The molecular formula is C19H18Cl2FN3. The fraction of sp³-hybridized carbons (Fsp3) is 0.263.